The van der Waals surface area contributed by atoms with Crippen molar-refractivity contribution in [2.75, 3.05) is 13.1 Å². The van der Waals surface area contributed by atoms with Crippen LogP contribution >= 0.6 is 0 Å². The molecule has 0 unspecified atom stereocenters. The Morgan fingerprint density at radius 2 is 2.00 bits per heavy atom. The van der Waals surface area contributed by atoms with Crippen LogP contribution in [-0.2, 0) is 10.0 Å². The highest BCUT2D eigenvalue weighted by Crippen LogP contribution is 2.30. The van der Waals surface area contributed by atoms with Crippen LogP contribution in [0, 0.1) is 0 Å². The summed E-state index contributed by atoms with van der Waals surface area (Å²) in [5.74, 6) is 0.433. The summed E-state index contributed by atoms with van der Waals surface area (Å²) >= 11 is 0. The molecule has 3 aromatic rings. The quantitative estimate of drug-likeness (QED) is 0.689. The number of H-pyrrole nitrogens is 1. The number of pyridine rings is 1. The van der Waals surface area contributed by atoms with Gasteiger partial charge in [0.1, 0.15) is 5.65 Å². The number of benzene rings is 1. The number of nitrogens with one attached hydrogen (secondary N) is 1. The van der Waals surface area contributed by atoms with Crippen molar-refractivity contribution in [3.63, 3.8) is 0 Å². The minimum Gasteiger partial charge on any atom is -0.346 e. The van der Waals surface area contributed by atoms with Crippen molar-refractivity contribution in [2.24, 2.45) is 0 Å². The molecule has 0 spiro atoms. The third kappa shape index (κ3) is 3.38. The highest BCUT2D eigenvalue weighted by molar-refractivity contribution is 7.89. The van der Waals surface area contributed by atoms with Crippen molar-refractivity contribution in [3.05, 3.63) is 66.0 Å². The van der Waals surface area contributed by atoms with Crippen LogP contribution in [0.2, 0.25) is 0 Å². The average molecular weight is 396 g/mol. The first-order valence-electron chi connectivity index (χ1n) is 9.72. The lowest BCUT2D eigenvalue weighted by molar-refractivity contribution is 0.441. The first-order chi connectivity index (χ1) is 13.5. The Hall–Kier alpha value is -2.44. The van der Waals surface area contributed by atoms with E-state index >= 15 is 0 Å². The van der Waals surface area contributed by atoms with Gasteiger partial charge in [0.05, 0.1) is 4.90 Å². The Bertz CT molecular complexity index is 1110. The van der Waals surface area contributed by atoms with E-state index in [-0.39, 0.29) is 0 Å². The normalized spacial score (nSPS) is 16.9. The second-order valence-electron chi connectivity index (χ2n) is 7.32. The van der Waals surface area contributed by atoms with E-state index in [4.69, 9.17) is 0 Å². The molecule has 6 heteroatoms. The zero-order chi connectivity index (χ0) is 19.7. The highest BCUT2D eigenvalue weighted by Gasteiger charge is 2.27. The molecule has 0 radical (unpaired) electrons. The molecule has 0 aliphatic carbocycles. The smallest absolute Gasteiger partial charge is 0.243 e. The maximum Gasteiger partial charge on any atom is 0.243 e. The van der Waals surface area contributed by atoms with Crippen LogP contribution in [0.15, 0.2) is 59.8 Å². The number of rotatable bonds is 5. The molecule has 0 saturated heterocycles. The summed E-state index contributed by atoms with van der Waals surface area (Å²) in [7, 11) is -3.48. The number of aromatic amines is 1. The van der Waals surface area contributed by atoms with Crippen molar-refractivity contribution in [3.8, 4) is 0 Å². The molecule has 0 bridgehead atoms. The van der Waals surface area contributed by atoms with Crippen LogP contribution in [-0.4, -0.2) is 35.8 Å². The number of sulfonamides is 1. The molecule has 28 heavy (non-hydrogen) atoms. The number of hydrogen-bond donors (Lipinski definition) is 1. The Kier molecular flexibility index (Phi) is 5.08. The van der Waals surface area contributed by atoms with Gasteiger partial charge in [0, 0.05) is 36.4 Å². The second-order valence-corrected chi connectivity index (χ2v) is 9.26. The van der Waals surface area contributed by atoms with Crippen LogP contribution < -0.4 is 0 Å². The topological polar surface area (TPSA) is 66.1 Å². The summed E-state index contributed by atoms with van der Waals surface area (Å²) in [5.41, 5.74) is 4.31. The largest absolute Gasteiger partial charge is 0.346 e. The van der Waals surface area contributed by atoms with Gasteiger partial charge >= 0.3 is 0 Å². The van der Waals surface area contributed by atoms with Crippen molar-refractivity contribution < 1.29 is 8.42 Å². The zero-order valence-corrected chi connectivity index (χ0v) is 17.0. The molecule has 2 aromatic heterocycles. The SMILES string of the molecule is CC[C@H](C)c1ccc(S(=O)(=O)N2CC=C(c3c[nH]c4ncccc34)CC2)cc1. The van der Waals surface area contributed by atoms with Gasteiger partial charge in [0.25, 0.3) is 0 Å². The molecule has 1 N–H and O–H groups in total. The van der Waals surface area contributed by atoms with Crippen molar-refractivity contribution in [1.82, 2.24) is 14.3 Å². The van der Waals surface area contributed by atoms with Gasteiger partial charge in [-0.1, -0.05) is 32.1 Å². The number of aromatic nitrogens is 2. The summed E-state index contributed by atoms with van der Waals surface area (Å²) in [5, 5.41) is 1.07. The van der Waals surface area contributed by atoms with Gasteiger partial charge in [-0.15, -0.1) is 0 Å². The molecule has 1 atom stereocenters. The predicted molar refractivity (Wildman–Crippen MR) is 113 cm³/mol. The van der Waals surface area contributed by atoms with Gasteiger partial charge in [-0.3, -0.25) is 0 Å². The molecule has 4 rings (SSSR count). The van der Waals surface area contributed by atoms with Crippen molar-refractivity contribution in [1.29, 1.82) is 0 Å². The molecule has 3 heterocycles. The Labute approximate surface area is 166 Å². The van der Waals surface area contributed by atoms with E-state index in [9.17, 15) is 8.42 Å². The van der Waals surface area contributed by atoms with Crippen LogP contribution in [0.3, 0.4) is 0 Å². The van der Waals surface area contributed by atoms with Crippen LogP contribution in [0.5, 0.6) is 0 Å². The van der Waals surface area contributed by atoms with E-state index < -0.39 is 10.0 Å². The first kappa shape index (κ1) is 18.9. The van der Waals surface area contributed by atoms with Gasteiger partial charge in [0.15, 0.2) is 0 Å². The van der Waals surface area contributed by atoms with E-state index in [1.54, 1.807) is 22.6 Å². The minimum atomic E-state index is -3.48. The summed E-state index contributed by atoms with van der Waals surface area (Å²) in [4.78, 5) is 7.88. The lowest BCUT2D eigenvalue weighted by Gasteiger charge is -2.26. The third-order valence-electron chi connectivity index (χ3n) is 5.67. The van der Waals surface area contributed by atoms with E-state index in [0.717, 1.165) is 28.6 Å². The molecule has 0 saturated carbocycles. The summed E-state index contributed by atoms with van der Waals surface area (Å²) < 4.78 is 27.6. The van der Waals surface area contributed by atoms with Gasteiger partial charge in [-0.05, 0) is 54.2 Å². The fraction of sp³-hybridized carbons (Fsp3) is 0.318. The van der Waals surface area contributed by atoms with E-state index in [2.05, 4.69) is 23.8 Å². The maximum absolute atomic E-state index is 13.0. The molecule has 146 valence electrons. The summed E-state index contributed by atoms with van der Waals surface area (Å²) in [6.07, 6.45) is 7.46. The second kappa shape index (κ2) is 7.53. The molecule has 1 aromatic carbocycles. The van der Waals surface area contributed by atoms with E-state index in [0.29, 0.717) is 30.3 Å². The predicted octanol–water partition coefficient (Wildman–Crippen LogP) is 4.55. The van der Waals surface area contributed by atoms with Crippen LogP contribution in [0.25, 0.3) is 16.6 Å². The Balaban J connectivity index is 1.55. The minimum absolute atomic E-state index is 0.368. The summed E-state index contributed by atoms with van der Waals surface area (Å²) in [6, 6.07) is 11.3. The maximum atomic E-state index is 13.0. The van der Waals surface area contributed by atoms with Gasteiger partial charge < -0.3 is 4.98 Å². The van der Waals surface area contributed by atoms with Gasteiger partial charge in [-0.25, -0.2) is 13.4 Å². The number of nitrogens with zero attached hydrogens (tertiary/aromatic N) is 2. The van der Waals surface area contributed by atoms with Gasteiger partial charge in [0.2, 0.25) is 10.0 Å². The lowest BCUT2D eigenvalue weighted by Crippen LogP contribution is -2.34. The zero-order valence-electron chi connectivity index (χ0n) is 16.2. The van der Waals surface area contributed by atoms with E-state index in [1.807, 2.05) is 36.5 Å². The highest BCUT2D eigenvalue weighted by atomic mass is 32.2. The Morgan fingerprint density at radius 3 is 2.68 bits per heavy atom. The monoisotopic (exact) mass is 395 g/mol. The van der Waals surface area contributed by atoms with Crippen molar-refractivity contribution in [2.45, 2.75) is 37.5 Å². The molecule has 0 fully saturated rings. The molecule has 0 amide bonds. The molecular weight excluding hydrogens is 370 g/mol. The van der Waals surface area contributed by atoms with Gasteiger partial charge in [-0.2, -0.15) is 4.31 Å². The summed E-state index contributed by atoms with van der Waals surface area (Å²) in [6.45, 7) is 5.16. The molecular formula is C22H25N3O2S. The Morgan fingerprint density at radius 1 is 1.21 bits per heavy atom. The van der Waals surface area contributed by atoms with E-state index in [1.165, 1.54) is 5.56 Å². The number of hydrogen-bond acceptors (Lipinski definition) is 3. The van der Waals surface area contributed by atoms with Crippen LogP contribution in [0.1, 0.15) is 43.7 Å². The lowest BCUT2D eigenvalue weighted by atomic mass is 9.99. The van der Waals surface area contributed by atoms with Crippen LogP contribution in [0.4, 0.5) is 0 Å². The first-order valence-corrected chi connectivity index (χ1v) is 11.2. The fourth-order valence-electron chi connectivity index (χ4n) is 3.69. The number of fused-ring (bicyclic) bond motifs is 1. The standard InChI is InChI=1S/C22H25N3O2S/c1-3-16(2)17-6-8-19(9-7-17)28(26,27)25-13-10-18(11-14-25)21-15-24-22-20(21)5-4-12-23-22/h4-10,12,15-16H,3,11,13-14H2,1-2H3,(H,23,24)/t16-/m0/s1. The molecule has 1 aliphatic heterocycles. The molecule has 5 nitrogen and oxygen atoms in total. The average Bonchev–Trinajstić information content (AvgIpc) is 3.17. The fourth-order valence-corrected chi connectivity index (χ4v) is 5.07. The molecule has 1 aliphatic rings. The van der Waals surface area contributed by atoms with Crippen molar-refractivity contribution >= 4 is 26.6 Å². The third-order valence-corrected chi connectivity index (χ3v) is 7.55.